The van der Waals surface area contributed by atoms with Crippen LogP contribution < -0.4 is 10.9 Å². The molecule has 0 aliphatic heterocycles. The van der Waals surface area contributed by atoms with Crippen LogP contribution in [-0.2, 0) is 4.79 Å². The van der Waals surface area contributed by atoms with Crippen LogP contribution in [0.2, 0.25) is 0 Å². The lowest BCUT2D eigenvalue weighted by Crippen LogP contribution is -2.27. The predicted molar refractivity (Wildman–Crippen MR) is 117 cm³/mol. The second-order valence-electron chi connectivity index (χ2n) is 6.99. The average Bonchev–Trinajstić information content (AvgIpc) is 3.23. The molecule has 1 heterocycles. The minimum atomic E-state index is -0.510. The van der Waals surface area contributed by atoms with E-state index in [-0.39, 0.29) is 28.9 Å². The molecule has 29 heavy (non-hydrogen) atoms. The fourth-order valence-corrected chi connectivity index (χ4v) is 4.82. The molecule has 5 nitrogen and oxygen atoms in total. The van der Waals surface area contributed by atoms with Crippen LogP contribution in [0.4, 0.5) is 10.1 Å². The van der Waals surface area contributed by atoms with E-state index in [1.54, 1.807) is 22.8 Å². The topological polar surface area (TPSA) is 64.0 Å². The summed E-state index contributed by atoms with van der Waals surface area (Å²) in [7, 11) is 0. The normalized spacial score (nSPS) is 14.4. The number of nitrogens with one attached hydrogen (secondary N) is 1. The molecule has 1 amide bonds. The van der Waals surface area contributed by atoms with Crippen LogP contribution in [0.5, 0.6) is 0 Å². The highest BCUT2D eigenvalue weighted by Gasteiger charge is 2.23. The SMILES string of the molecule is O=C(CSc1nc2ccccc2c(=O)n1C1CCCC1)Nc1ccc(Br)cc1F. The van der Waals surface area contributed by atoms with Crippen LogP contribution in [0.25, 0.3) is 10.9 Å². The molecule has 1 fully saturated rings. The number of rotatable bonds is 5. The standard InChI is InChI=1S/C21H19BrFN3O2S/c22-13-9-10-18(16(23)11-13)24-19(27)12-29-21-25-17-8-4-3-7-15(17)20(28)26(21)14-5-1-2-6-14/h3-4,7-11,14H,1-2,5-6,12H2,(H,24,27). The molecule has 3 aromatic rings. The lowest BCUT2D eigenvalue weighted by atomic mass is 10.2. The van der Waals surface area contributed by atoms with Crippen molar-refractivity contribution in [3.05, 3.63) is 63.1 Å². The summed E-state index contributed by atoms with van der Waals surface area (Å²) >= 11 is 4.40. The van der Waals surface area contributed by atoms with E-state index in [9.17, 15) is 14.0 Å². The molecule has 1 saturated carbocycles. The summed E-state index contributed by atoms with van der Waals surface area (Å²) in [6.07, 6.45) is 4.03. The number of carbonyl (C=O) groups excluding carboxylic acids is 1. The van der Waals surface area contributed by atoms with Crippen LogP contribution in [0.3, 0.4) is 0 Å². The van der Waals surface area contributed by atoms with Gasteiger partial charge in [-0.3, -0.25) is 14.2 Å². The number of thioether (sulfide) groups is 1. The van der Waals surface area contributed by atoms with Gasteiger partial charge in [-0.25, -0.2) is 9.37 Å². The first-order chi connectivity index (χ1) is 14.0. The van der Waals surface area contributed by atoms with Crippen molar-refractivity contribution >= 4 is 50.2 Å². The molecule has 0 atom stereocenters. The lowest BCUT2D eigenvalue weighted by Gasteiger charge is -2.18. The summed E-state index contributed by atoms with van der Waals surface area (Å²) in [6.45, 7) is 0. The molecule has 0 saturated heterocycles. The lowest BCUT2D eigenvalue weighted by molar-refractivity contribution is -0.113. The predicted octanol–water partition coefficient (Wildman–Crippen LogP) is 5.14. The van der Waals surface area contributed by atoms with Gasteiger partial charge in [0, 0.05) is 10.5 Å². The Morgan fingerprint density at radius 1 is 1.24 bits per heavy atom. The number of fused-ring (bicyclic) bond motifs is 1. The molecule has 4 rings (SSSR count). The van der Waals surface area contributed by atoms with Gasteiger partial charge >= 0.3 is 0 Å². The zero-order chi connectivity index (χ0) is 20.4. The first kappa shape index (κ1) is 20.1. The van der Waals surface area contributed by atoms with Crippen molar-refractivity contribution in [3.8, 4) is 0 Å². The Kier molecular flexibility index (Phi) is 6.01. The molecule has 1 aliphatic carbocycles. The van der Waals surface area contributed by atoms with Gasteiger partial charge in [-0.05, 0) is 43.2 Å². The van der Waals surface area contributed by atoms with Gasteiger partial charge in [0.25, 0.3) is 5.56 Å². The number of anilines is 1. The second kappa shape index (κ2) is 8.67. The molecule has 8 heteroatoms. The van der Waals surface area contributed by atoms with Crippen molar-refractivity contribution in [1.82, 2.24) is 9.55 Å². The Bertz CT molecular complexity index is 1130. The summed E-state index contributed by atoms with van der Waals surface area (Å²) in [5.41, 5.74) is 0.677. The molecule has 1 aromatic heterocycles. The summed E-state index contributed by atoms with van der Waals surface area (Å²) in [5, 5.41) is 3.70. The van der Waals surface area contributed by atoms with Gasteiger partial charge in [-0.2, -0.15) is 0 Å². The quantitative estimate of drug-likeness (QED) is 0.409. The van der Waals surface area contributed by atoms with Gasteiger partial charge in [-0.15, -0.1) is 0 Å². The monoisotopic (exact) mass is 475 g/mol. The number of nitrogens with zero attached hydrogens (tertiary/aromatic N) is 2. The summed E-state index contributed by atoms with van der Waals surface area (Å²) < 4.78 is 16.3. The molecule has 0 spiro atoms. The number of para-hydroxylation sites is 1. The maximum Gasteiger partial charge on any atom is 0.262 e. The summed E-state index contributed by atoms with van der Waals surface area (Å²) in [4.78, 5) is 30.1. The number of amides is 1. The third-order valence-corrected chi connectivity index (χ3v) is 6.45. The number of benzene rings is 2. The minimum Gasteiger partial charge on any atom is -0.323 e. The maximum absolute atomic E-state index is 14.0. The van der Waals surface area contributed by atoms with E-state index in [2.05, 4.69) is 26.2 Å². The molecule has 1 N–H and O–H groups in total. The zero-order valence-electron chi connectivity index (χ0n) is 15.5. The highest BCUT2D eigenvalue weighted by Crippen LogP contribution is 2.32. The molecular weight excluding hydrogens is 457 g/mol. The molecule has 2 aromatic carbocycles. The Morgan fingerprint density at radius 2 is 2.00 bits per heavy atom. The fraction of sp³-hybridized carbons (Fsp3) is 0.286. The number of halogens is 2. The van der Waals surface area contributed by atoms with E-state index in [0.29, 0.717) is 20.5 Å². The van der Waals surface area contributed by atoms with Gasteiger partial charge in [0.1, 0.15) is 5.82 Å². The molecule has 1 aliphatic rings. The summed E-state index contributed by atoms with van der Waals surface area (Å²) in [5.74, 6) is -0.825. The van der Waals surface area contributed by atoms with E-state index in [1.165, 1.54) is 23.9 Å². The van der Waals surface area contributed by atoms with Crippen molar-refractivity contribution in [2.24, 2.45) is 0 Å². The minimum absolute atomic E-state index is 0.0347. The van der Waals surface area contributed by atoms with Crippen LogP contribution in [0, 0.1) is 5.82 Å². The van der Waals surface area contributed by atoms with Crippen molar-refractivity contribution in [3.63, 3.8) is 0 Å². The summed E-state index contributed by atoms with van der Waals surface area (Å²) in [6, 6.07) is 11.8. The molecular formula is C21H19BrFN3O2S. The van der Waals surface area contributed by atoms with Gasteiger partial charge in [0.2, 0.25) is 5.91 Å². The largest absolute Gasteiger partial charge is 0.323 e. The highest BCUT2D eigenvalue weighted by molar-refractivity contribution is 9.10. The van der Waals surface area contributed by atoms with E-state index < -0.39 is 5.82 Å². The van der Waals surface area contributed by atoms with E-state index in [1.807, 2.05) is 12.1 Å². The van der Waals surface area contributed by atoms with Gasteiger partial charge in [0.15, 0.2) is 5.16 Å². The van der Waals surface area contributed by atoms with Crippen molar-refractivity contribution in [2.75, 3.05) is 11.1 Å². The molecule has 0 unspecified atom stereocenters. The molecule has 150 valence electrons. The fourth-order valence-electron chi connectivity index (χ4n) is 3.62. The molecule has 0 radical (unpaired) electrons. The van der Waals surface area contributed by atoms with Crippen LogP contribution in [-0.4, -0.2) is 21.2 Å². The number of hydrogen-bond acceptors (Lipinski definition) is 4. The van der Waals surface area contributed by atoms with Gasteiger partial charge in [-0.1, -0.05) is 52.7 Å². The Balaban J connectivity index is 1.59. The Labute approximate surface area is 179 Å². The van der Waals surface area contributed by atoms with Gasteiger partial charge in [0.05, 0.1) is 22.3 Å². The molecule has 0 bridgehead atoms. The zero-order valence-corrected chi connectivity index (χ0v) is 17.9. The number of hydrogen-bond donors (Lipinski definition) is 1. The van der Waals surface area contributed by atoms with Crippen LogP contribution in [0.15, 0.2) is 56.9 Å². The highest BCUT2D eigenvalue weighted by atomic mass is 79.9. The van der Waals surface area contributed by atoms with Gasteiger partial charge < -0.3 is 5.32 Å². The Morgan fingerprint density at radius 3 is 2.76 bits per heavy atom. The Hall–Kier alpha value is -2.19. The number of aromatic nitrogens is 2. The third kappa shape index (κ3) is 4.38. The van der Waals surface area contributed by atoms with E-state index >= 15 is 0 Å². The average molecular weight is 476 g/mol. The van der Waals surface area contributed by atoms with Crippen molar-refractivity contribution < 1.29 is 9.18 Å². The first-order valence-corrected chi connectivity index (χ1v) is 11.2. The third-order valence-electron chi connectivity index (χ3n) is 5.00. The second-order valence-corrected chi connectivity index (χ2v) is 8.84. The maximum atomic E-state index is 14.0. The van der Waals surface area contributed by atoms with Crippen molar-refractivity contribution in [1.29, 1.82) is 0 Å². The van der Waals surface area contributed by atoms with Crippen LogP contribution in [0.1, 0.15) is 31.7 Å². The number of carbonyl (C=O) groups is 1. The first-order valence-electron chi connectivity index (χ1n) is 9.42. The van der Waals surface area contributed by atoms with Crippen LogP contribution >= 0.6 is 27.7 Å². The van der Waals surface area contributed by atoms with E-state index in [4.69, 9.17) is 0 Å². The smallest absolute Gasteiger partial charge is 0.262 e. The van der Waals surface area contributed by atoms with E-state index in [0.717, 1.165) is 25.7 Å². The van der Waals surface area contributed by atoms with Crippen molar-refractivity contribution in [2.45, 2.75) is 36.9 Å².